The fourth-order valence-corrected chi connectivity index (χ4v) is 3.64. The zero-order chi connectivity index (χ0) is 14.0. The SMILES string of the molecule is CC1NCC2(CCCCC2)COC1c1cccc(F)c1. The summed E-state index contributed by atoms with van der Waals surface area (Å²) in [4.78, 5) is 0. The van der Waals surface area contributed by atoms with Crippen molar-refractivity contribution in [2.75, 3.05) is 13.2 Å². The quantitative estimate of drug-likeness (QED) is 0.842. The molecule has 2 aliphatic rings. The van der Waals surface area contributed by atoms with E-state index < -0.39 is 0 Å². The molecule has 1 aliphatic carbocycles. The van der Waals surface area contributed by atoms with Crippen LogP contribution in [-0.2, 0) is 4.74 Å². The van der Waals surface area contributed by atoms with Crippen LogP contribution in [0.4, 0.5) is 4.39 Å². The van der Waals surface area contributed by atoms with Crippen LogP contribution in [0.3, 0.4) is 0 Å². The Bertz CT molecular complexity index is 456. The average molecular weight is 277 g/mol. The summed E-state index contributed by atoms with van der Waals surface area (Å²) in [5.74, 6) is -0.185. The molecule has 1 saturated carbocycles. The van der Waals surface area contributed by atoms with E-state index in [1.807, 2.05) is 6.07 Å². The number of nitrogens with one attached hydrogen (secondary N) is 1. The predicted octanol–water partition coefficient (Wildman–Crippen LogP) is 3.83. The molecule has 2 nitrogen and oxygen atoms in total. The van der Waals surface area contributed by atoms with E-state index in [9.17, 15) is 4.39 Å². The fraction of sp³-hybridized carbons (Fsp3) is 0.647. The molecule has 2 atom stereocenters. The van der Waals surface area contributed by atoms with E-state index in [-0.39, 0.29) is 18.0 Å². The molecule has 1 aromatic carbocycles. The second-order valence-electron chi connectivity index (χ2n) is 6.52. The minimum absolute atomic E-state index is 0.0491. The third-order valence-corrected chi connectivity index (χ3v) is 4.91. The van der Waals surface area contributed by atoms with Crippen LogP contribution in [0.25, 0.3) is 0 Å². The molecule has 3 rings (SSSR count). The zero-order valence-electron chi connectivity index (χ0n) is 12.2. The third-order valence-electron chi connectivity index (χ3n) is 4.91. The first-order chi connectivity index (χ1) is 9.69. The Labute approximate surface area is 120 Å². The van der Waals surface area contributed by atoms with E-state index in [2.05, 4.69) is 12.2 Å². The van der Waals surface area contributed by atoms with Crippen molar-refractivity contribution in [1.82, 2.24) is 5.32 Å². The summed E-state index contributed by atoms with van der Waals surface area (Å²) >= 11 is 0. The summed E-state index contributed by atoms with van der Waals surface area (Å²) in [6, 6.07) is 7.04. The molecule has 3 heteroatoms. The van der Waals surface area contributed by atoms with Gasteiger partial charge in [-0.15, -0.1) is 0 Å². The number of hydrogen-bond donors (Lipinski definition) is 1. The summed E-state index contributed by atoms with van der Waals surface area (Å²) in [5, 5.41) is 3.63. The predicted molar refractivity (Wildman–Crippen MR) is 78.1 cm³/mol. The van der Waals surface area contributed by atoms with Gasteiger partial charge in [0, 0.05) is 18.0 Å². The van der Waals surface area contributed by atoms with Crippen LogP contribution in [-0.4, -0.2) is 19.2 Å². The van der Waals surface area contributed by atoms with Crippen molar-refractivity contribution in [2.45, 2.75) is 51.2 Å². The van der Waals surface area contributed by atoms with E-state index in [4.69, 9.17) is 4.74 Å². The van der Waals surface area contributed by atoms with Gasteiger partial charge in [0.15, 0.2) is 0 Å². The molecule has 0 amide bonds. The Hall–Kier alpha value is -0.930. The Morgan fingerprint density at radius 1 is 1.25 bits per heavy atom. The van der Waals surface area contributed by atoms with Gasteiger partial charge < -0.3 is 10.1 Å². The summed E-state index contributed by atoms with van der Waals surface area (Å²) in [5.41, 5.74) is 1.24. The molecule has 0 bridgehead atoms. The van der Waals surface area contributed by atoms with Crippen LogP contribution < -0.4 is 5.32 Å². The maximum atomic E-state index is 13.4. The number of ether oxygens (including phenoxy) is 1. The van der Waals surface area contributed by atoms with Crippen molar-refractivity contribution in [3.8, 4) is 0 Å². The smallest absolute Gasteiger partial charge is 0.123 e. The highest BCUT2D eigenvalue weighted by atomic mass is 19.1. The summed E-state index contributed by atoms with van der Waals surface area (Å²) in [6.07, 6.45) is 6.43. The molecule has 0 aromatic heterocycles. The van der Waals surface area contributed by atoms with Crippen LogP contribution in [0, 0.1) is 11.2 Å². The maximum Gasteiger partial charge on any atom is 0.123 e. The van der Waals surface area contributed by atoms with Crippen molar-refractivity contribution >= 4 is 0 Å². The van der Waals surface area contributed by atoms with Crippen LogP contribution in [0.2, 0.25) is 0 Å². The molecule has 1 aliphatic heterocycles. The standard InChI is InChI=1S/C17H24FNO/c1-13-16(14-6-5-7-15(18)10-14)20-12-17(11-19-13)8-3-2-4-9-17/h5-7,10,13,16,19H,2-4,8-9,11-12H2,1H3. The van der Waals surface area contributed by atoms with Crippen molar-refractivity contribution in [1.29, 1.82) is 0 Å². The van der Waals surface area contributed by atoms with Crippen molar-refractivity contribution < 1.29 is 9.13 Å². The Balaban J connectivity index is 1.77. The van der Waals surface area contributed by atoms with E-state index in [1.165, 1.54) is 38.2 Å². The molecule has 1 aromatic rings. The number of halogens is 1. The summed E-state index contributed by atoms with van der Waals surface area (Å²) in [6.45, 7) is 3.96. The molecule has 1 heterocycles. The minimum Gasteiger partial charge on any atom is -0.371 e. The minimum atomic E-state index is -0.185. The van der Waals surface area contributed by atoms with Crippen LogP contribution in [0.5, 0.6) is 0 Å². The highest BCUT2D eigenvalue weighted by Gasteiger charge is 2.37. The highest BCUT2D eigenvalue weighted by Crippen LogP contribution is 2.39. The van der Waals surface area contributed by atoms with Crippen molar-refractivity contribution in [2.24, 2.45) is 5.41 Å². The molecule has 1 N–H and O–H groups in total. The Morgan fingerprint density at radius 2 is 2.05 bits per heavy atom. The lowest BCUT2D eigenvalue weighted by atomic mass is 9.74. The monoisotopic (exact) mass is 277 g/mol. The highest BCUT2D eigenvalue weighted by molar-refractivity contribution is 5.20. The normalized spacial score (nSPS) is 30.1. The zero-order valence-corrected chi connectivity index (χ0v) is 12.2. The number of rotatable bonds is 1. The first-order valence-electron chi connectivity index (χ1n) is 7.79. The molecule has 110 valence electrons. The van der Waals surface area contributed by atoms with Gasteiger partial charge in [0.05, 0.1) is 12.7 Å². The summed E-state index contributed by atoms with van der Waals surface area (Å²) < 4.78 is 19.6. The molecule has 2 fully saturated rings. The van der Waals surface area contributed by atoms with Gasteiger partial charge in [0.25, 0.3) is 0 Å². The second-order valence-corrected chi connectivity index (χ2v) is 6.52. The number of hydrogen-bond acceptors (Lipinski definition) is 2. The van der Waals surface area contributed by atoms with Crippen molar-refractivity contribution in [3.05, 3.63) is 35.6 Å². The Kier molecular flexibility index (Phi) is 4.08. The lowest BCUT2D eigenvalue weighted by molar-refractivity contribution is -0.0105. The molecule has 1 saturated heterocycles. The molecule has 0 radical (unpaired) electrons. The van der Waals surface area contributed by atoms with Gasteiger partial charge in [-0.05, 0) is 37.5 Å². The van der Waals surface area contributed by atoms with E-state index in [0.29, 0.717) is 5.41 Å². The van der Waals surface area contributed by atoms with Crippen LogP contribution in [0.15, 0.2) is 24.3 Å². The van der Waals surface area contributed by atoms with Gasteiger partial charge in [-0.3, -0.25) is 0 Å². The van der Waals surface area contributed by atoms with Crippen LogP contribution >= 0.6 is 0 Å². The maximum absolute atomic E-state index is 13.4. The lowest BCUT2D eigenvalue weighted by Crippen LogP contribution is -2.39. The van der Waals surface area contributed by atoms with Gasteiger partial charge in [-0.25, -0.2) is 4.39 Å². The fourth-order valence-electron chi connectivity index (χ4n) is 3.64. The largest absolute Gasteiger partial charge is 0.371 e. The van der Waals surface area contributed by atoms with E-state index >= 15 is 0 Å². The third kappa shape index (κ3) is 2.89. The second kappa shape index (κ2) is 5.82. The van der Waals surface area contributed by atoms with E-state index in [0.717, 1.165) is 18.7 Å². The molecular formula is C17H24FNO. The Morgan fingerprint density at radius 3 is 2.80 bits per heavy atom. The van der Waals surface area contributed by atoms with E-state index in [1.54, 1.807) is 12.1 Å². The van der Waals surface area contributed by atoms with Gasteiger partial charge >= 0.3 is 0 Å². The first kappa shape index (κ1) is 14.0. The van der Waals surface area contributed by atoms with Crippen LogP contribution in [0.1, 0.15) is 50.7 Å². The van der Waals surface area contributed by atoms with Gasteiger partial charge in [0.2, 0.25) is 0 Å². The topological polar surface area (TPSA) is 21.3 Å². The molecule has 2 unspecified atom stereocenters. The van der Waals surface area contributed by atoms with Gasteiger partial charge in [-0.2, -0.15) is 0 Å². The molecule has 20 heavy (non-hydrogen) atoms. The first-order valence-corrected chi connectivity index (χ1v) is 7.79. The average Bonchev–Trinajstić information content (AvgIpc) is 2.61. The lowest BCUT2D eigenvalue weighted by Gasteiger charge is -2.35. The van der Waals surface area contributed by atoms with Crippen molar-refractivity contribution in [3.63, 3.8) is 0 Å². The molecular weight excluding hydrogens is 253 g/mol. The molecule has 1 spiro atoms. The number of benzene rings is 1. The van der Waals surface area contributed by atoms with Gasteiger partial charge in [0.1, 0.15) is 5.82 Å². The van der Waals surface area contributed by atoms with Gasteiger partial charge in [-0.1, -0.05) is 31.4 Å². The summed E-state index contributed by atoms with van der Waals surface area (Å²) in [7, 11) is 0.